The van der Waals surface area contributed by atoms with E-state index in [1.165, 1.54) is 6.07 Å². The highest BCUT2D eigenvalue weighted by atomic mass is 79.9. The zero-order chi connectivity index (χ0) is 15.5. The van der Waals surface area contributed by atoms with Crippen molar-refractivity contribution in [2.75, 3.05) is 0 Å². The minimum Gasteiger partial charge on any atom is -0.488 e. The molecule has 1 unspecified atom stereocenters. The lowest BCUT2D eigenvalue weighted by Crippen LogP contribution is -2.17. The van der Waals surface area contributed by atoms with Crippen LogP contribution in [0.15, 0.2) is 48.5 Å². The Kier molecular flexibility index (Phi) is 4.65. The topological polar surface area (TPSA) is 72.6 Å². The molecule has 0 aromatic heterocycles. The Bertz CT molecular complexity index is 636. The Labute approximate surface area is 131 Å². The average molecular weight is 350 g/mol. The first kappa shape index (κ1) is 15.5. The van der Waals surface area contributed by atoms with Gasteiger partial charge in [-0.15, -0.1) is 0 Å². The summed E-state index contributed by atoms with van der Waals surface area (Å²) in [5, 5.41) is 9.92. The van der Waals surface area contributed by atoms with E-state index in [-0.39, 0.29) is 5.56 Å². The van der Waals surface area contributed by atoms with E-state index in [1.807, 2.05) is 30.3 Å². The molecule has 2 rings (SSSR count). The molecule has 0 aliphatic heterocycles. The van der Waals surface area contributed by atoms with E-state index in [1.54, 1.807) is 19.1 Å². The number of ether oxygens (including phenoxy) is 1. The van der Waals surface area contributed by atoms with E-state index in [0.717, 1.165) is 5.56 Å². The van der Waals surface area contributed by atoms with E-state index in [4.69, 9.17) is 10.5 Å². The minimum absolute atomic E-state index is 0.239. The Morgan fingerprint density at radius 3 is 2.52 bits per heavy atom. The fourth-order valence-corrected chi connectivity index (χ4v) is 2.11. The van der Waals surface area contributed by atoms with Gasteiger partial charge < -0.3 is 15.6 Å². The monoisotopic (exact) mass is 349 g/mol. The number of amides is 1. The maximum atomic E-state index is 11.6. The smallest absolute Gasteiger partial charge is 0.252 e. The molecule has 0 saturated heterocycles. The highest BCUT2D eigenvalue weighted by Crippen LogP contribution is 2.31. The third kappa shape index (κ3) is 4.06. The number of hydrogen-bond acceptors (Lipinski definition) is 3. The number of rotatable bonds is 5. The SMILES string of the molecule is CC(O)(Br)c1ccc(OCc2ccccc2)c(C(N)=O)c1. The first-order valence-corrected chi connectivity index (χ1v) is 7.19. The van der Waals surface area contributed by atoms with Gasteiger partial charge in [0.1, 0.15) is 16.9 Å². The maximum absolute atomic E-state index is 11.6. The summed E-state index contributed by atoms with van der Waals surface area (Å²) in [5.74, 6) is -0.205. The van der Waals surface area contributed by atoms with Crippen LogP contribution in [-0.4, -0.2) is 11.0 Å². The molecule has 3 N–H and O–H groups in total. The Hall–Kier alpha value is -1.85. The average Bonchev–Trinajstić information content (AvgIpc) is 2.45. The third-order valence-electron chi connectivity index (χ3n) is 3.01. The fourth-order valence-electron chi connectivity index (χ4n) is 1.87. The summed E-state index contributed by atoms with van der Waals surface area (Å²) in [7, 11) is 0. The van der Waals surface area contributed by atoms with Crippen LogP contribution in [0.25, 0.3) is 0 Å². The third-order valence-corrected chi connectivity index (χ3v) is 3.47. The summed E-state index contributed by atoms with van der Waals surface area (Å²) in [6.45, 7) is 1.91. The van der Waals surface area contributed by atoms with Crippen LogP contribution >= 0.6 is 15.9 Å². The summed E-state index contributed by atoms with van der Waals surface area (Å²) < 4.78 is 4.43. The first-order chi connectivity index (χ1) is 9.88. The molecule has 0 bridgehead atoms. The summed E-state index contributed by atoms with van der Waals surface area (Å²) >= 11 is 3.13. The van der Waals surface area contributed by atoms with Gasteiger partial charge in [0.15, 0.2) is 0 Å². The molecule has 110 valence electrons. The van der Waals surface area contributed by atoms with Crippen molar-refractivity contribution >= 4 is 21.8 Å². The van der Waals surface area contributed by atoms with Gasteiger partial charge in [0, 0.05) is 0 Å². The standard InChI is InChI=1S/C16H16BrNO3/c1-16(17,20)12-7-8-14(13(9-12)15(18)19)21-10-11-5-3-2-4-6-11/h2-9,20H,10H2,1H3,(H2,18,19). The van der Waals surface area contributed by atoms with Crippen molar-refractivity contribution in [3.8, 4) is 5.75 Å². The molecule has 1 amide bonds. The lowest BCUT2D eigenvalue weighted by molar-refractivity contribution is 0.0995. The van der Waals surface area contributed by atoms with E-state index < -0.39 is 10.4 Å². The molecule has 0 aliphatic rings. The van der Waals surface area contributed by atoms with Gasteiger partial charge in [0.2, 0.25) is 0 Å². The van der Waals surface area contributed by atoms with E-state index in [9.17, 15) is 9.90 Å². The second-order valence-corrected chi connectivity index (χ2v) is 6.35. The van der Waals surface area contributed by atoms with Crippen molar-refractivity contribution in [3.63, 3.8) is 0 Å². The quantitative estimate of drug-likeness (QED) is 0.815. The number of alkyl halides is 1. The lowest BCUT2D eigenvalue weighted by Gasteiger charge is -2.18. The van der Waals surface area contributed by atoms with Crippen LogP contribution in [0.5, 0.6) is 5.75 Å². The van der Waals surface area contributed by atoms with Crippen molar-refractivity contribution in [2.45, 2.75) is 18.0 Å². The van der Waals surface area contributed by atoms with Crippen molar-refractivity contribution in [1.82, 2.24) is 0 Å². The number of aliphatic hydroxyl groups is 1. The highest BCUT2D eigenvalue weighted by molar-refractivity contribution is 9.09. The van der Waals surface area contributed by atoms with Gasteiger partial charge in [0.25, 0.3) is 5.91 Å². The molecule has 0 radical (unpaired) electrons. The van der Waals surface area contributed by atoms with Gasteiger partial charge in [-0.3, -0.25) is 4.79 Å². The van der Waals surface area contributed by atoms with Crippen molar-refractivity contribution < 1.29 is 14.6 Å². The second-order valence-electron chi connectivity index (χ2n) is 4.80. The first-order valence-electron chi connectivity index (χ1n) is 6.40. The number of benzene rings is 2. The summed E-state index contributed by atoms with van der Waals surface area (Å²) in [6.07, 6.45) is 0. The molecule has 0 spiro atoms. The predicted molar refractivity (Wildman–Crippen MR) is 84.2 cm³/mol. The highest BCUT2D eigenvalue weighted by Gasteiger charge is 2.21. The van der Waals surface area contributed by atoms with Crippen LogP contribution in [0.4, 0.5) is 0 Å². The van der Waals surface area contributed by atoms with Crippen molar-refractivity contribution in [1.29, 1.82) is 0 Å². The second kappa shape index (κ2) is 6.28. The maximum Gasteiger partial charge on any atom is 0.252 e. The molecule has 0 saturated carbocycles. The van der Waals surface area contributed by atoms with Crippen LogP contribution < -0.4 is 10.5 Å². The number of carbonyl (C=O) groups is 1. The molecule has 0 fully saturated rings. The van der Waals surface area contributed by atoms with Crippen molar-refractivity contribution in [2.24, 2.45) is 5.73 Å². The molecule has 2 aromatic carbocycles. The van der Waals surface area contributed by atoms with E-state index in [2.05, 4.69) is 15.9 Å². The molecular weight excluding hydrogens is 334 g/mol. The molecule has 0 heterocycles. The minimum atomic E-state index is -1.23. The Morgan fingerprint density at radius 2 is 1.95 bits per heavy atom. The molecule has 2 aromatic rings. The summed E-state index contributed by atoms with van der Waals surface area (Å²) in [6, 6.07) is 14.5. The fraction of sp³-hybridized carbons (Fsp3) is 0.188. The van der Waals surface area contributed by atoms with Gasteiger partial charge in [0.05, 0.1) is 5.56 Å². The van der Waals surface area contributed by atoms with E-state index in [0.29, 0.717) is 17.9 Å². The Morgan fingerprint density at radius 1 is 1.29 bits per heavy atom. The van der Waals surface area contributed by atoms with Crippen LogP contribution in [0.2, 0.25) is 0 Å². The summed E-state index contributed by atoms with van der Waals surface area (Å²) in [4.78, 5) is 11.6. The van der Waals surface area contributed by atoms with Crippen LogP contribution in [0.1, 0.15) is 28.4 Å². The zero-order valence-electron chi connectivity index (χ0n) is 11.5. The number of hydrogen-bond donors (Lipinski definition) is 2. The molecule has 5 heteroatoms. The van der Waals surface area contributed by atoms with Crippen LogP contribution in [0, 0.1) is 0 Å². The van der Waals surface area contributed by atoms with Gasteiger partial charge in [-0.2, -0.15) is 0 Å². The van der Waals surface area contributed by atoms with E-state index >= 15 is 0 Å². The molecule has 1 atom stereocenters. The number of halogens is 1. The largest absolute Gasteiger partial charge is 0.488 e. The van der Waals surface area contributed by atoms with Crippen molar-refractivity contribution in [3.05, 3.63) is 65.2 Å². The molecule has 0 aliphatic carbocycles. The lowest BCUT2D eigenvalue weighted by atomic mass is 10.1. The van der Waals surface area contributed by atoms with Crippen LogP contribution in [-0.2, 0) is 11.1 Å². The normalized spacial score (nSPS) is 13.5. The molecular formula is C16H16BrNO3. The van der Waals surface area contributed by atoms with Gasteiger partial charge in [-0.25, -0.2) is 0 Å². The number of primary amides is 1. The Balaban J connectivity index is 2.25. The van der Waals surface area contributed by atoms with Gasteiger partial charge in [-0.1, -0.05) is 36.4 Å². The van der Waals surface area contributed by atoms with Gasteiger partial charge >= 0.3 is 0 Å². The molecule has 4 nitrogen and oxygen atoms in total. The van der Waals surface area contributed by atoms with Crippen LogP contribution in [0.3, 0.4) is 0 Å². The molecule has 21 heavy (non-hydrogen) atoms. The van der Waals surface area contributed by atoms with Gasteiger partial charge in [-0.05, 0) is 46.1 Å². The zero-order valence-corrected chi connectivity index (χ0v) is 13.1. The summed E-state index contributed by atoms with van der Waals surface area (Å²) in [5.41, 5.74) is 7.14. The number of carbonyl (C=O) groups excluding carboxylic acids is 1. The predicted octanol–water partition coefficient (Wildman–Crippen LogP) is 2.92. The number of nitrogens with two attached hydrogens (primary N) is 1.